The van der Waals surface area contributed by atoms with Gasteiger partial charge in [-0.3, -0.25) is 4.79 Å². The highest BCUT2D eigenvalue weighted by atomic mass is 35.5. The number of halogens is 4. The normalized spacial score (nSPS) is 17.0. The number of nitrogens with zero attached hydrogens (tertiary/aromatic N) is 1. The van der Waals surface area contributed by atoms with Crippen LogP contribution in [0.5, 0.6) is 0 Å². The molecule has 1 amide bonds. The zero-order valence-electron chi connectivity index (χ0n) is 16.3. The van der Waals surface area contributed by atoms with E-state index in [9.17, 15) is 26.4 Å². The molecule has 0 aromatic heterocycles. The number of carbonyl (C=O) groups is 1. The number of hydrogen-bond donors (Lipinski definition) is 2. The van der Waals surface area contributed by atoms with E-state index in [1.807, 2.05) is 30.3 Å². The number of nitrogens with one attached hydrogen (secondary N) is 2. The van der Waals surface area contributed by atoms with Gasteiger partial charge in [0.15, 0.2) is 0 Å². The number of benzene rings is 2. The van der Waals surface area contributed by atoms with Gasteiger partial charge in [-0.05, 0) is 36.8 Å². The molecule has 6 nitrogen and oxygen atoms in total. The lowest BCUT2D eigenvalue weighted by atomic mass is 10.2. The lowest BCUT2D eigenvalue weighted by Gasteiger charge is -2.18. The molecule has 2 N–H and O–H groups in total. The second kappa shape index (κ2) is 9.46. The molecule has 1 heterocycles. The molecule has 11 heteroatoms. The standard InChI is InChI=1S/C20H21ClF3N3O3S/c21-18-7-6-16(12-17(18)20(22,23)24)31(29,30)25-10-8-19(28)27-11-9-15(13-27)26-14-4-2-1-3-5-14/h1-7,12,15,25-26H,8-11,13H2. The molecule has 0 aliphatic carbocycles. The van der Waals surface area contributed by atoms with E-state index in [-0.39, 0.29) is 24.9 Å². The summed E-state index contributed by atoms with van der Waals surface area (Å²) in [5.41, 5.74) is -0.280. The molecule has 0 spiro atoms. The summed E-state index contributed by atoms with van der Waals surface area (Å²) in [7, 11) is -4.22. The van der Waals surface area contributed by atoms with E-state index in [4.69, 9.17) is 11.6 Å². The molecule has 1 saturated heterocycles. The van der Waals surface area contributed by atoms with Gasteiger partial charge in [0.25, 0.3) is 0 Å². The van der Waals surface area contributed by atoms with E-state index in [1.54, 1.807) is 4.90 Å². The zero-order valence-corrected chi connectivity index (χ0v) is 17.9. The number of para-hydroxylation sites is 1. The minimum absolute atomic E-state index is 0.0953. The van der Waals surface area contributed by atoms with E-state index in [1.165, 1.54) is 0 Å². The smallest absolute Gasteiger partial charge is 0.380 e. The Bertz CT molecular complexity index is 1030. The number of likely N-dealkylation sites (tertiary alicyclic amines) is 1. The summed E-state index contributed by atoms with van der Waals surface area (Å²) >= 11 is 5.52. The average Bonchev–Trinajstić information content (AvgIpc) is 3.16. The topological polar surface area (TPSA) is 78.5 Å². The van der Waals surface area contributed by atoms with Crippen molar-refractivity contribution in [2.24, 2.45) is 0 Å². The van der Waals surface area contributed by atoms with Crippen molar-refractivity contribution in [1.29, 1.82) is 0 Å². The first-order valence-corrected chi connectivity index (χ1v) is 11.4. The van der Waals surface area contributed by atoms with Crippen LogP contribution in [0.2, 0.25) is 5.02 Å². The van der Waals surface area contributed by atoms with Crippen molar-refractivity contribution in [2.45, 2.75) is 30.0 Å². The second-order valence-electron chi connectivity index (χ2n) is 7.12. The molecule has 1 atom stereocenters. The molecule has 1 aliphatic heterocycles. The summed E-state index contributed by atoms with van der Waals surface area (Å²) in [6.07, 6.45) is -4.12. The first-order chi connectivity index (χ1) is 14.6. The number of hydrogen-bond acceptors (Lipinski definition) is 4. The van der Waals surface area contributed by atoms with Gasteiger partial charge in [0.05, 0.1) is 15.5 Å². The number of alkyl halides is 3. The van der Waals surface area contributed by atoms with Crippen LogP contribution in [0.3, 0.4) is 0 Å². The Morgan fingerprint density at radius 1 is 1.16 bits per heavy atom. The van der Waals surface area contributed by atoms with Crippen molar-refractivity contribution < 1.29 is 26.4 Å². The monoisotopic (exact) mass is 475 g/mol. The van der Waals surface area contributed by atoms with Crippen LogP contribution in [0.1, 0.15) is 18.4 Å². The first-order valence-electron chi connectivity index (χ1n) is 9.52. The Balaban J connectivity index is 1.52. The third kappa shape index (κ3) is 6.11. The van der Waals surface area contributed by atoms with Crippen molar-refractivity contribution in [3.05, 3.63) is 59.1 Å². The van der Waals surface area contributed by atoms with Crippen molar-refractivity contribution in [1.82, 2.24) is 9.62 Å². The maximum absolute atomic E-state index is 13.0. The van der Waals surface area contributed by atoms with Crippen LogP contribution in [0.15, 0.2) is 53.4 Å². The Kier molecular flexibility index (Phi) is 7.13. The van der Waals surface area contributed by atoms with Gasteiger partial charge in [0.2, 0.25) is 15.9 Å². The van der Waals surface area contributed by atoms with Gasteiger partial charge >= 0.3 is 6.18 Å². The quantitative estimate of drug-likeness (QED) is 0.639. The first kappa shape index (κ1) is 23.4. The van der Waals surface area contributed by atoms with Gasteiger partial charge in [-0.1, -0.05) is 29.8 Å². The molecular formula is C20H21ClF3N3O3S. The second-order valence-corrected chi connectivity index (χ2v) is 9.30. The molecule has 0 bridgehead atoms. The summed E-state index contributed by atoms with van der Waals surface area (Å²) < 4.78 is 65.7. The van der Waals surface area contributed by atoms with Gasteiger partial charge in [0.1, 0.15) is 0 Å². The Hall–Kier alpha value is -2.30. The number of rotatable bonds is 7. The lowest BCUT2D eigenvalue weighted by molar-refractivity contribution is -0.137. The predicted octanol–water partition coefficient (Wildman–Crippen LogP) is 3.74. The molecule has 0 saturated carbocycles. The fourth-order valence-electron chi connectivity index (χ4n) is 3.30. The summed E-state index contributed by atoms with van der Waals surface area (Å²) in [5.74, 6) is -0.229. The maximum Gasteiger partial charge on any atom is 0.417 e. The van der Waals surface area contributed by atoms with Gasteiger partial charge in [-0.15, -0.1) is 0 Å². The van der Waals surface area contributed by atoms with Crippen molar-refractivity contribution in [2.75, 3.05) is 25.0 Å². The predicted molar refractivity (Wildman–Crippen MR) is 111 cm³/mol. The fourth-order valence-corrected chi connectivity index (χ4v) is 4.58. The summed E-state index contributed by atoms with van der Waals surface area (Å²) in [5, 5.41) is 2.75. The minimum atomic E-state index is -4.78. The Labute approximate surface area is 183 Å². The van der Waals surface area contributed by atoms with E-state index >= 15 is 0 Å². The Morgan fingerprint density at radius 3 is 2.55 bits per heavy atom. The molecular weight excluding hydrogens is 455 g/mol. The van der Waals surface area contributed by atoms with Gasteiger partial charge in [0, 0.05) is 37.8 Å². The molecule has 1 unspecified atom stereocenters. The highest BCUT2D eigenvalue weighted by molar-refractivity contribution is 7.89. The van der Waals surface area contributed by atoms with Crippen LogP contribution in [-0.4, -0.2) is 44.9 Å². The molecule has 2 aromatic carbocycles. The molecule has 1 fully saturated rings. The van der Waals surface area contributed by atoms with Crippen molar-refractivity contribution in [3.63, 3.8) is 0 Å². The van der Waals surface area contributed by atoms with Crippen LogP contribution in [-0.2, 0) is 21.0 Å². The number of sulfonamides is 1. The van der Waals surface area contributed by atoms with Crippen LogP contribution < -0.4 is 10.0 Å². The third-order valence-electron chi connectivity index (χ3n) is 4.87. The number of anilines is 1. The van der Waals surface area contributed by atoms with E-state index in [0.717, 1.165) is 24.2 Å². The van der Waals surface area contributed by atoms with Gasteiger partial charge < -0.3 is 10.2 Å². The van der Waals surface area contributed by atoms with Crippen molar-refractivity contribution >= 4 is 33.2 Å². The van der Waals surface area contributed by atoms with Crippen LogP contribution in [0.4, 0.5) is 18.9 Å². The molecule has 3 rings (SSSR count). The highest BCUT2D eigenvalue weighted by Crippen LogP contribution is 2.35. The molecule has 31 heavy (non-hydrogen) atoms. The molecule has 2 aromatic rings. The van der Waals surface area contributed by atoms with Crippen LogP contribution in [0, 0.1) is 0 Å². The van der Waals surface area contributed by atoms with Crippen LogP contribution in [0.25, 0.3) is 0 Å². The largest absolute Gasteiger partial charge is 0.417 e. The van der Waals surface area contributed by atoms with Crippen molar-refractivity contribution in [3.8, 4) is 0 Å². The minimum Gasteiger partial charge on any atom is -0.380 e. The van der Waals surface area contributed by atoms with Gasteiger partial charge in [-0.25, -0.2) is 13.1 Å². The Morgan fingerprint density at radius 2 is 1.87 bits per heavy atom. The highest BCUT2D eigenvalue weighted by Gasteiger charge is 2.34. The third-order valence-corrected chi connectivity index (χ3v) is 6.66. The van der Waals surface area contributed by atoms with E-state index in [0.29, 0.717) is 19.2 Å². The summed E-state index contributed by atoms with van der Waals surface area (Å²) in [4.78, 5) is 13.5. The lowest BCUT2D eigenvalue weighted by Crippen LogP contribution is -2.34. The molecule has 0 radical (unpaired) electrons. The number of amides is 1. The fraction of sp³-hybridized carbons (Fsp3) is 0.350. The van der Waals surface area contributed by atoms with Crippen LogP contribution >= 0.6 is 11.6 Å². The summed E-state index contributed by atoms with van der Waals surface area (Å²) in [6, 6.07) is 12.0. The van der Waals surface area contributed by atoms with E-state index < -0.39 is 31.7 Å². The van der Waals surface area contributed by atoms with E-state index in [2.05, 4.69) is 10.0 Å². The summed E-state index contributed by atoms with van der Waals surface area (Å²) in [6.45, 7) is 0.813. The van der Waals surface area contributed by atoms with Gasteiger partial charge in [-0.2, -0.15) is 13.2 Å². The molecule has 168 valence electrons. The zero-order chi connectivity index (χ0) is 22.6. The number of carbonyl (C=O) groups excluding carboxylic acids is 1. The SMILES string of the molecule is O=C(CCNS(=O)(=O)c1ccc(Cl)c(C(F)(F)F)c1)N1CCC(Nc2ccccc2)C1. The average molecular weight is 476 g/mol. The maximum atomic E-state index is 13.0. The molecule has 1 aliphatic rings.